The molecule has 0 bridgehead atoms. The summed E-state index contributed by atoms with van der Waals surface area (Å²) in [4.78, 5) is 0.985. The molecule has 4 rings (SSSR count). The van der Waals surface area contributed by atoms with Crippen LogP contribution in [0.3, 0.4) is 0 Å². The third-order valence-corrected chi connectivity index (χ3v) is 7.29. The lowest BCUT2D eigenvalue weighted by Gasteiger charge is -2.32. The van der Waals surface area contributed by atoms with Crippen molar-refractivity contribution in [3.05, 3.63) is 77.3 Å². The summed E-state index contributed by atoms with van der Waals surface area (Å²) in [5.41, 5.74) is -0.648. The Labute approximate surface area is 168 Å². The van der Waals surface area contributed by atoms with E-state index in [1.165, 1.54) is 42.1 Å². The van der Waals surface area contributed by atoms with Crippen molar-refractivity contribution in [3.8, 4) is 0 Å². The Bertz CT molecular complexity index is 1160. The van der Waals surface area contributed by atoms with Crippen molar-refractivity contribution in [3.63, 3.8) is 0 Å². The van der Waals surface area contributed by atoms with Crippen molar-refractivity contribution in [1.29, 1.82) is 0 Å². The van der Waals surface area contributed by atoms with Gasteiger partial charge >= 0.3 is 6.18 Å². The molecule has 0 fully saturated rings. The lowest BCUT2D eigenvalue weighted by molar-refractivity contribution is -0.137. The van der Waals surface area contributed by atoms with Gasteiger partial charge in [-0.2, -0.15) is 13.2 Å². The van der Waals surface area contributed by atoms with E-state index in [1.54, 1.807) is 24.3 Å². The number of alkyl halides is 3. The van der Waals surface area contributed by atoms with E-state index in [0.29, 0.717) is 20.5 Å². The molecule has 0 atom stereocenters. The topological polar surface area (TPSA) is 37.4 Å². The average Bonchev–Trinajstić information content (AvgIpc) is 2.65. The Morgan fingerprint density at radius 2 is 1.50 bits per heavy atom. The number of hydrogen-bond acceptors (Lipinski definition) is 3. The molecule has 3 aromatic rings. The average molecular weight is 442 g/mol. The quantitative estimate of drug-likeness (QED) is 0.465. The molecule has 0 aliphatic carbocycles. The third kappa shape index (κ3) is 3.25. The molecule has 3 nitrogen and oxygen atoms in total. The van der Waals surface area contributed by atoms with Gasteiger partial charge in [-0.25, -0.2) is 12.7 Å². The van der Waals surface area contributed by atoms with Gasteiger partial charge < -0.3 is 0 Å². The van der Waals surface area contributed by atoms with Crippen LogP contribution in [0.5, 0.6) is 0 Å². The molecule has 1 aliphatic rings. The molecule has 0 aromatic heterocycles. The van der Waals surface area contributed by atoms with Crippen molar-refractivity contribution in [1.82, 2.24) is 0 Å². The normalized spacial score (nSPS) is 13.8. The van der Waals surface area contributed by atoms with Gasteiger partial charge in [0.1, 0.15) is 0 Å². The molecular formula is C19H11ClF3NO2S2. The molecule has 1 heterocycles. The molecule has 0 N–H and O–H groups in total. The highest BCUT2D eigenvalue weighted by Gasteiger charge is 2.37. The number of benzene rings is 3. The second-order valence-electron chi connectivity index (χ2n) is 5.97. The van der Waals surface area contributed by atoms with E-state index < -0.39 is 21.8 Å². The Morgan fingerprint density at radius 1 is 0.857 bits per heavy atom. The number of fused-ring (bicyclic) bond motifs is 2. The maximum atomic E-state index is 13.4. The number of hydrogen-bond donors (Lipinski definition) is 0. The number of para-hydroxylation sites is 1. The molecule has 0 amide bonds. The molecule has 144 valence electrons. The molecule has 0 radical (unpaired) electrons. The fraction of sp³-hybridized carbons (Fsp3) is 0.0526. The fourth-order valence-electron chi connectivity index (χ4n) is 2.87. The Balaban J connectivity index is 1.97. The minimum absolute atomic E-state index is 0.0338. The van der Waals surface area contributed by atoms with Crippen LogP contribution in [0.25, 0.3) is 0 Å². The van der Waals surface area contributed by atoms with Gasteiger partial charge in [0.05, 0.1) is 21.8 Å². The highest BCUT2D eigenvalue weighted by Crippen LogP contribution is 2.51. The number of sulfonamides is 1. The third-order valence-electron chi connectivity index (χ3n) is 4.16. The number of rotatable bonds is 2. The summed E-state index contributed by atoms with van der Waals surface area (Å²) in [5, 5.41) is 0.355. The molecular weight excluding hydrogens is 431 g/mol. The Morgan fingerprint density at radius 3 is 2.18 bits per heavy atom. The molecule has 0 saturated heterocycles. The molecule has 0 spiro atoms. The van der Waals surface area contributed by atoms with Crippen LogP contribution in [0.1, 0.15) is 5.56 Å². The molecule has 9 heteroatoms. The van der Waals surface area contributed by atoms with Gasteiger partial charge in [-0.15, -0.1) is 0 Å². The minimum atomic E-state index is -4.59. The second kappa shape index (κ2) is 6.72. The molecule has 1 aliphatic heterocycles. The van der Waals surface area contributed by atoms with Crippen LogP contribution in [0.4, 0.5) is 24.5 Å². The second-order valence-corrected chi connectivity index (χ2v) is 9.28. The van der Waals surface area contributed by atoms with Crippen molar-refractivity contribution in [2.24, 2.45) is 0 Å². The number of anilines is 2. The molecule has 0 saturated carbocycles. The Kier molecular flexibility index (Phi) is 4.60. The summed E-state index contributed by atoms with van der Waals surface area (Å²) in [5.74, 6) is 0. The van der Waals surface area contributed by atoms with E-state index in [1.807, 2.05) is 0 Å². The fourth-order valence-corrected chi connectivity index (χ4v) is 5.67. The van der Waals surface area contributed by atoms with E-state index in [4.69, 9.17) is 11.6 Å². The van der Waals surface area contributed by atoms with Gasteiger partial charge in [0.15, 0.2) is 0 Å². The lowest BCUT2D eigenvalue weighted by atomic mass is 10.2. The Hall–Kier alpha value is -2.16. The first-order valence-corrected chi connectivity index (χ1v) is 10.6. The largest absolute Gasteiger partial charge is 0.416 e. The van der Waals surface area contributed by atoms with Crippen LogP contribution < -0.4 is 4.31 Å². The smallest absolute Gasteiger partial charge is 0.232 e. The summed E-state index contributed by atoms with van der Waals surface area (Å²) >= 11 is 7.07. The van der Waals surface area contributed by atoms with Crippen LogP contribution in [-0.4, -0.2) is 8.42 Å². The zero-order valence-corrected chi connectivity index (χ0v) is 16.3. The van der Waals surface area contributed by atoms with Crippen LogP contribution in [0.2, 0.25) is 5.02 Å². The minimum Gasteiger partial charge on any atom is -0.232 e. The van der Waals surface area contributed by atoms with Gasteiger partial charge in [0, 0.05) is 14.8 Å². The number of nitrogens with zero attached hydrogens (tertiary/aromatic N) is 1. The first-order valence-electron chi connectivity index (χ1n) is 7.97. The van der Waals surface area contributed by atoms with E-state index in [-0.39, 0.29) is 10.6 Å². The summed E-state index contributed by atoms with van der Waals surface area (Å²) in [6.45, 7) is 0. The monoisotopic (exact) mass is 441 g/mol. The molecule has 3 aromatic carbocycles. The van der Waals surface area contributed by atoms with E-state index in [2.05, 4.69) is 0 Å². The molecule has 28 heavy (non-hydrogen) atoms. The van der Waals surface area contributed by atoms with Crippen LogP contribution in [0.15, 0.2) is 81.4 Å². The van der Waals surface area contributed by atoms with Crippen molar-refractivity contribution in [2.45, 2.75) is 20.9 Å². The van der Waals surface area contributed by atoms with Crippen LogP contribution >= 0.6 is 23.4 Å². The van der Waals surface area contributed by atoms with Crippen molar-refractivity contribution < 1.29 is 21.6 Å². The van der Waals surface area contributed by atoms with Gasteiger partial charge in [-0.1, -0.05) is 35.5 Å². The van der Waals surface area contributed by atoms with E-state index in [0.717, 1.165) is 16.4 Å². The van der Waals surface area contributed by atoms with E-state index >= 15 is 0 Å². The van der Waals surface area contributed by atoms with Crippen molar-refractivity contribution in [2.75, 3.05) is 4.31 Å². The van der Waals surface area contributed by atoms with Crippen LogP contribution in [0, 0.1) is 0 Å². The van der Waals surface area contributed by atoms with Gasteiger partial charge in [0.25, 0.3) is 10.0 Å². The lowest BCUT2D eigenvalue weighted by Crippen LogP contribution is -2.29. The summed E-state index contributed by atoms with van der Waals surface area (Å²) in [6, 6.07) is 15.3. The zero-order chi connectivity index (χ0) is 20.1. The first-order chi connectivity index (χ1) is 13.2. The summed E-state index contributed by atoms with van der Waals surface area (Å²) < 4.78 is 67.5. The van der Waals surface area contributed by atoms with Gasteiger partial charge in [0.2, 0.25) is 0 Å². The van der Waals surface area contributed by atoms with Gasteiger partial charge in [-0.3, -0.25) is 0 Å². The number of halogens is 4. The molecule has 0 unspecified atom stereocenters. The predicted octanol–water partition coefficient (Wildman–Crippen LogP) is 6.35. The maximum absolute atomic E-state index is 13.4. The summed E-state index contributed by atoms with van der Waals surface area (Å²) in [6.07, 6.45) is -4.59. The highest BCUT2D eigenvalue weighted by atomic mass is 35.5. The van der Waals surface area contributed by atoms with Crippen LogP contribution in [-0.2, 0) is 16.2 Å². The van der Waals surface area contributed by atoms with Gasteiger partial charge in [-0.05, 0) is 54.6 Å². The maximum Gasteiger partial charge on any atom is 0.416 e. The SMILES string of the molecule is O=S(=O)(c1ccc(Cl)cc1)N1c2ccccc2Sc2ccc(C(F)(F)F)cc21. The highest BCUT2D eigenvalue weighted by molar-refractivity contribution is 8.00. The van der Waals surface area contributed by atoms with Crippen molar-refractivity contribution >= 4 is 44.8 Å². The van der Waals surface area contributed by atoms with E-state index in [9.17, 15) is 21.6 Å². The summed E-state index contributed by atoms with van der Waals surface area (Å²) in [7, 11) is -4.17. The predicted molar refractivity (Wildman–Crippen MR) is 103 cm³/mol. The zero-order valence-electron chi connectivity index (χ0n) is 13.9. The standard InChI is InChI=1S/C19H11ClF3NO2S2/c20-13-6-8-14(9-7-13)28(25,26)24-15-3-1-2-4-17(15)27-18-10-5-12(11-16(18)24)19(21,22)23/h1-11H. The first kappa shape index (κ1) is 19.2.